The molecule has 7 heavy (non-hydrogen) atoms. The Kier molecular flexibility index (Phi) is 4.17. The average molecular weight is 98.2 g/mol. The van der Waals surface area contributed by atoms with Crippen LogP contribution < -0.4 is 0 Å². The average Bonchev–Trinajstić information content (AvgIpc) is 1.68. The van der Waals surface area contributed by atoms with Crippen LogP contribution in [0.25, 0.3) is 0 Å². The van der Waals surface area contributed by atoms with Crippen LogP contribution in [0, 0.1) is 12.3 Å². The Morgan fingerprint density at radius 2 is 2.14 bits per heavy atom. The van der Waals surface area contributed by atoms with E-state index in [0.717, 1.165) is 0 Å². The minimum atomic E-state index is 0.699. The predicted molar refractivity (Wildman–Crippen MR) is 33.0 cm³/mol. The predicted octanol–water partition coefficient (Wildman–Crippen LogP) is 2.52. The molecule has 0 fully saturated rings. The van der Waals surface area contributed by atoms with Crippen LogP contribution in [0.15, 0.2) is 0 Å². The fraction of sp³-hybridized carbons (Fsp3) is 0.857. The first kappa shape index (κ1) is 7.00. The lowest BCUT2D eigenvalue weighted by atomic mass is 10.0. The van der Waals surface area contributed by atoms with E-state index in [1.165, 1.54) is 12.8 Å². The molecule has 0 bridgehead atoms. The van der Waals surface area contributed by atoms with Crippen LogP contribution >= 0.6 is 0 Å². The molecule has 0 aromatic carbocycles. The number of hydrogen-bond donors (Lipinski definition) is 0. The summed E-state index contributed by atoms with van der Waals surface area (Å²) < 4.78 is 0. The summed E-state index contributed by atoms with van der Waals surface area (Å²) >= 11 is 0. The molecular formula is C7H14. The van der Waals surface area contributed by atoms with Gasteiger partial charge in [-0.2, -0.15) is 0 Å². The smallest absolute Gasteiger partial charge is 0.0176 e. The maximum atomic E-state index is 3.17. The summed E-state index contributed by atoms with van der Waals surface area (Å²) in [6.45, 7) is 6.40. The van der Waals surface area contributed by atoms with E-state index in [0.29, 0.717) is 5.92 Å². The standard InChI is InChI=1S/C7H14/c1-4-6-7(3)5-2/h7H,4,6H2,1-3H3. The molecule has 1 unspecified atom stereocenters. The molecule has 0 N–H and O–H groups in total. The number of rotatable bonds is 3. The molecule has 0 saturated carbocycles. The van der Waals surface area contributed by atoms with Crippen molar-refractivity contribution in [1.82, 2.24) is 0 Å². The lowest BCUT2D eigenvalue weighted by Crippen LogP contribution is -1.89. The van der Waals surface area contributed by atoms with Crippen LogP contribution in [0.3, 0.4) is 0 Å². The van der Waals surface area contributed by atoms with Gasteiger partial charge in [0.05, 0.1) is 0 Å². The topological polar surface area (TPSA) is 0 Å². The van der Waals surface area contributed by atoms with Crippen LogP contribution in [-0.4, -0.2) is 0 Å². The van der Waals surface area contributed by atoms with Crippen molar-refractivity contribution in [3.63, 3.8) is 0 Å². The van der Waals surface area contributed by atoms with Crippen LogP contribution in [0.4, 0.5) is 0 Å². The summed E-state index contributed by atoms with van der Waals surface area (Å²) in [5.74, 6) is 0.699. The molecule has 0 aliphatic carbocycles. The van der Waals surface area contributed by atoms with Crippen molar-refractivity contribution < 1.29 is 0 Å². The van der Waals surface area contributed by atoms with Gasteiger partial charge in [0.2, 0.25) is 0 Å². The summed E-state index contributed by atoms with van der Waals surface area (Å²) in [6.07, 6.45) is 5.73. The third-order valence-corrected chi connectivity index (χ3v) is 1.21. The molecule has 42 valence electrons. The molecule has 0 nitrogen and oxygen atoms in total. The first-order valence-corrected chi connectivity index (χ1v) is 2.98. The zero-order valence-corrected chi connectivity index (χ0v) is 5.49. The van der Waals surface area contributed by atoms with Gasteiger partial charge in [0, 0.05) is 0 Å². The van der Waals surface area contributed by atoms with Gasteiger partial charge in [-0.1, -0.05) is 33.6 Å². The van der Waals surface area contributed by atoms with E-state index in [4.69, 9.17) is 0 Å². The van der Waals surface area contributed by atoms with E-state index in [9.17, 15) is 0 Å². The van der Waals surface area contributed by atoms with Crippen LogP contribution in [0.1, 0.15) is 33.6 Å². The van der Waals surface area contributed by atoms with E-state index >= 15 is 0 Å². The van der Waals surface area contributed by atoms with Crippen LogP contribution in [-0.2, 0) is 0 Å². The molecule has 0 rings (SSSR count). The van der Waals surface area contributed by atoms with Crippen molar-refractivity contribution in [2.24, 2.45) is 5.92 Å². The molecule has 0 aromatic rings. The molecule has 0 heterocycles. The molecule has 2 radical (unpaired) electrons. The zero-order valence-electron chi connectivity index (χ0n) is 5.49. The second kappa shape index (κ2) is 4.17. The zero-order chi connectivity index (χ0) is 5.70. The third-order valence-electron chi connectivity index (χ3n) is 1.21. The normalized spacial score (nSPS) is 14.1. The molecule has 0 saturated heterocycles. The van der Waals surface area contributed by atoms with Crippen molar-refractivity contribution in [2.45, 2.75) is 33.6 Å². The summed E-state index contributed by atoms with van der Waals surface area (Å²) in [6, 6.07) is 0. The Morgan fingerprint density at radius 3 is 2.29 bits per heavy atom. The fourth-order valence-corrected chi connectivity index (χ4v) is 0.577. The molecule has 0 aromatic heterocycles. The molecule has 0 spiro atoms. The van der Waals surface area contributed by atoms with Gasteiger partial charge in [0.25, 0.3) is 0 Å². The van der Waals surface area contributed by atoms with Gasteiger partial charge in [-0.25, -0.2) is 0 Å². The minimum absolute atomic E-state index is 0.699. The highest BCUT2D eigenvalue weighted by atomic mass is 14.0. The minimum Gasteiger partial charge on any atom is -0.0654 e. The third kappa shape index (κ3) is 3.84. The maximum absolute atomic E-state index is 3.17. The molecule has 0 aliphatic rings. The van der Waals surface area contributed by atoms with Gasteiger partial charge in [0.1, 0.15) is 0 Å². The van der Waals surface area contributed by atoms with Crippen LogP contribution in [0.2, 0.25) is 0 Å². The second-order valence-electron chi connectivity index (χ2n) is 1.98. The highest BCUT2D eigenvalue weighted by molar-refractivity contribution is 4.64. The fourth-order valence-electron chi connectivity index (χ4n) is 0.577. The van der Waals surface area contributed by atoms with Crippen molar-refractivity contribution in [3.05, 3.63) is 6.42 Å². The maximum Gasteiger partial charge on any atom is -0.0176 e. The Morgan fingerprint density at radius 1 is 1.57 bits per heavy atom. The van der Waals surface area contributed by atoms with Crippen molar-refractivity contribution in [2.75, 3.05) is 0 Å². The van der Waals surface area contributed by atoms with E-state index in [-0.39, 0.29) is 0 Å². The van der Waals surface area contributed by atoms with Gasteiger partial charge < -0.3 is 0 Å². The van der Waals surface area contributed by atoms with Gasteiger partial charge in [-0.3, -0.25) is 0 Å². The highest BCUT2D eigenvalue weighted by Gasteiger charge is 1.93. The summed E-state index contributed by atoms with van der Waals surface area (Å²) in [4.78, 5) is 0. The molecule has 0 amide bonds. The van der Waals surface area contributed by atoms with E-state index in [1.807, 2.05) is 6.92 Å². The quantitative estimate of drug-likeness (QED) is 0.509. The van der Waals surface area contributed by atoms with Gasteiger partial charge in [-0.15, -0.1) is 0 Å². The van der Waals surface area contributed by atoms with Crippen molar-refractivity contribution >= 4 is 0 Å². The van der Waals surface area contributed by atoms with E-state index in [2.05, 4.69) is 20.3 Å². The van der Waals surface area contributed by atoms with E-state index in [1.54, 1.807) is 0 Å². The Labute approximate surface area is 46.9 Å². The highest BCUT2D eigenvalue weighted by Crippen LogP contribution is 2.06. The number of hydrogen-bond acceptors (Lipinski definition) is 0. The summed E-state index contributed by atoms with van der Waals surface area (Å²) in [5.41, 5.74) is 0. The molecule has 0 aliphatic heterocycles. The van der Waals surface area contributed by atoms with Gasteiger partial charge in [0.15, 0.2) is 0 Å². The largest absolute Gasteiger partial charge is 0.0654 e. The molecular weight excluding hydrogens is 84.1 g/mol. The second-order valence-corrected chi connectivity index (χ2v) is 1.98. The summed E-state index contributed by atoms with van der Waals surface area (Å²) in [7, 11) is 0. The first-order valence-electron chi connectivity index (χ1n) is 2.98. The van der Waals surface area contributed by atoms with Gasteiger partial charge >= 0.3 is 0 Å². The van der Waals surface area contributed by atoms with Crippen LogP contribution in [0.5, 0.6) is 0 Å². The Hall–Kier alpha value is 0. The monoisotopic (exact) mass is 98.1 g/mol. The Balaban J connectivity index is 2.83. The lowest BCUT2D eigenvalue weighted by Gasteiger charge is -2.01. The first-order chi connectivity index (χ1) is 3.31. The van der Waals surface area contributed by atoms with E-state index < -0.39 is 0 Å². The lowest BCUT2D eigenvalue weighted by molar-refractivity contribution is 0.596. The van der Waals surface area contributed by atoms with Crippen molar-refractivity contribution in [3.8, 4) is 0 Å². The molecule has 0 heteroatoms. The van der Waals surface area contributed by atoms with Gasteiger partial charge in [-0.05, 0) is 12.3 Å². The summed E-state index contributed by atoms with van der Waals surface area (Å²) in [5, 5.41) is 0. The SMILES string of the molecule is C[C]C(C)CCC. The Bertz CT molecular complexity index is 31.0. The van der Waals surface area contributed by atoms with Crippen molar-refractivity contribution in [1.29, 1.82) is 0 Å². The molecule has 1 atom stereocenters.